The van der Waals surface area contributed by atoms with E-state index in [2.05, 4.69) is 15.4 Å². The van der Waals surface area contributed by atoms with E-state index < -0.39 is 29.5 Å². The highest BCUT2D eigenvalue weighted by Gasteiger charge is 2.40. The number of anilines is 1. The molecule has 0 radical (unpaired) electrons. The molecule has 0 aromatic heterocycles. The Morgan fingerprint density at radius 3 is 2.56 bits per heavy atom. The van der Waals surface area contributed by atoms with Crippen LogP contribution in [0.15, 0.2) is 42.5 Å². The van der Waals surface area contributed by atoms with Crippen LogP contribution in [-0.4, -0.2) is 55.5 Å². The molecule has 1 aliphatic rings. The second kappa shape index (κ2) is 11.3. The van der Waals surface area contributed by atoms with Crippen molar-refractivity contribution in [1.29, 1.82) is 5.41 Å². The summed E-state index contributed by atoms with van der Waals surface area (Å²) in [5.74, 6) is -1.10. The summed E-state index contributed by atoms with van der Waals surface area (Å²) in [5.41, 5.74) is -0.289. The number of halogens is 4. The lowest BCUT2D eigenvalue weighted by atomic mass is 9.88. The fourth-order valence-corrected chi connectivity index (χ4v) is 4.55. The minimum Gasteiger partial charge on any atom is -0.405 e. The zero-order valence-electron chi connectivity index (χ0n) is 19.9. The Morgan fingerprint density at radius 1 is 1.19 bits per heavy atom. The normalized spacial score (nSPS) is 17.7. The Morgan fingerprint density at radius 2 is 1.92 bits per heavy atom. The Kier molecular flexibility index (Phi) is 8.63. The van der Waals surface area contributed by atoms with Gasteiger partial charge in [-0.1, -0.05) is 35.9 Å². The van der Waals surface area contributed by atoms with E-state index in [0.717, 1.165) is 19.1 Å². The van der Waals surface area contributed by atoms with Crippen LogP contribution < -0.4 is 15.4 Å². The van der Waals surface area contributed by atoms with Crippen molar-refractivity contribution in [2.24, 2.45) is 5.41 Å². The van der Waals surface area contributed by atoms with Crippen LogP contribution >= 0.6 is 11.6 Å². The molecule has 2 amide bonds. The van der Waals surface area contributed by atoms with Crippen LogP contribution in [0.4, 0.5) is 18.9 Å². The van der Waals surface area contributed by atoms with Gasteiger partial charge in [0.25, 0.3) is 0 Å². The van der Waals surface area contributed by atoms with Gasteiger partial charge in [-0.05, 0) is 51.4 Å². The van der Waals surface area contributed by atoms with Crippen LogP contribution in [0.1, 0.15) is 26.2 Å². The van der Waals surface area contributed by atoms with Gasteiger partial charge >= 0.3 is 6.36 Å². The van der Waals surface area contributed by atoms with Crippen molar-refractivity contribution in [3.63, 3.8) is 0 Å². The van der Waals surface area contributed by atoms with Crippen LogP contribution in [0.5, 0.6) is 5.75 Å². The van der Waals surface area contributed by atoms with Crippen molar-refractivity contribution in [2.45, 2.75) is 38.6 Å². The number of nitrogens with one attached hydrogen (secondary N) is 3. The number of nitrogens with zero attached hydrogens (tertiary/aromatic N) is 1. The van der Waals surface area contributed by atoms with Gasteiger partial charge < -0.3 is 25.7 Å². The summed E-state index contributed by atoms with van der Waals surface area (Å²) in [6.07, 6.45) is -1.78. The molecule has 7 nitrogen and oxygen atoms in total. The van der Waals surface area contributed by atoms with Crippen molar-refractivity contribution in [1.82, 2.24) is 10.2 Å². The molecule has 36 heavy (non-hydrogen) atoms. The van der Waals surface area contributed by atoms with Gasteiger partial charge in [-0.3, -0.25) is 9.59 Å². The molecule has 2 unspecified atom stereocenters. The van der Waals surface area contributed by atoms with Crippen molar-refractivity contribution < 1.29 is 27.5 Å². The first-order valence-corrected chi connectivity index (χ1v) is 11.8. The van der Waals surface area contributed by atoms with Crippen LogP contribution in [-0.2, 0) is 9.59 Å². The summed E-state index contributed by atoms with van der Waals surface area (Å²) in [7, 11) is 1.69. The molecule has 194 valence electrons. The largest absolute Gasteiger partial charge is 0.573 e. The van der Waals surface area contributed by atoms with Crippen LogP contribution in [0, 0.1) is 10.8 Å². The maximum atomic E-state index is 13.2. The summed E-state index contributed by atoms with van der Waals surface area (Å²) < 4.78 is 42.5. The maximum Gasteiger partial charge on any atom is 0.573 e. The number of rotatable bonds is 8. The highest BCUT2D eigenvalue weighted by molar-refractivity contribution is 6.33. The van der Waals surface area contributed by atoms with Gasteiger partial charge in [0.2, 0.25) is 11.8 Å². The van der Waals surface area contributed by atoms with E-state index in [1.807, 2.05) is 0 Å². The predicted octanol–water partition coefficient (Wildman–Crippen LogP) is 5.10. The standard InChI is InChI=1S/C25H28ClF3N4O3/c1-24(14-30,15-31-2)23(35)33-12-6-5-8-20(33)22(34)32-16-10-11-17(19(26)13-16)18-7-3-4-9-21(18)36-25(27,28)29/h3-4,7,9-11,13-14,20,30-31H,5-6,8,12,15H2,1-2H3,(H,32,34). The van der Waals surface area contributed by atoms with Gasteiger partial charge in [-0.25, -0.2) is 0 Å². The molecule has 0 bridgehead atoms. The molecule has 2 aromatic rings. The highest BCUT2D eigenvalue weighted by atomic mass is 35.5. The number of benzene rings is 2. The number of alkyl halides is 3. The average Bonchev–Trinajstić information content (AvgIpc) is 2.83. The van der Waals surface area contributed by atoms with E-state index in [-0.39, 0.29) is 23.0 Å². The second-order valence-electron chi connectivity index (χ2n) is 8.83. The fourth-order valence-electron chi connectivity index (χ4n) is 4.27. The van der Waals surface area contributed by atoms with Gasteiger partial charge in [0.1, 0.15) is 11.8 Å². The monoisotopic (exact) mass is 524 g/mol. The Hall–Kier alpha value is -3.11. The zero-order valence-corrected chi connectivity index (χ0v) is 20.7. The molecule has 1 heterocycles. The summed E-state index contributed by atoms with van der Waals surface area (Å²) in [5, 5.41) is 13.5. The van der Waals surface area contributed by atoms with Crippen molar-refractivity contribution in [3.8, 4) is 16.9 Å². The summed E-state index contributed by atoms with van der Waals surface area (Å²) >= 11 is 6.38. The van der Waals surface area contributed by atoms with Gasteiger partial charge in [-0.15, -0.1) is 13.2 Å². The van der Waals surface area contributed by atoms with E-state index in [0.29, 0.717) is 24.2 Å². The molecule has 11 heteroatoms. The van der Waals surface area contributed by atoms with Crippen LogP contribution in [0.2, 0.25) is 5.02 Å². The number of carbonyl (C=O) groups is 2. The summed E-state index contributed by atoms with van der Waals surface area (Å²) in [6, 6.07) is 9.38. The molecule has 0 spiro atoms. The molecule has 0 saturated carbocycles. The topological polar surface area (TPSA) is 94.5 Å². The molecule has 3 rings (SSSR count). The van der Waals surface area contributed by atoms with Crippen LogP contribution in [0.3, 0.4) is 0 Å². The summed E-state index contributed by atoms with van der Waals surface area (Å²) in [6.45, 7) is 2.32. The smallest absolute Gasteiger partial charge is 0.405 e. The van der Waals surface area contributed by atoms with E-state index in [4.69, 9.17) is 17.0 Å². The zero-order chi connectivity index (χ0) is 26.5. The first-order valence-electron chi connectivity index (χ1n) is 11.4. The molecule has 1 aliphatic heterocycles. The van der Waals surface area contributed by atoms with Gasteiger partial charge in [0, 0.05) is 36.1 Å². The fraction of sp³-hybridized carbons (Fsp3) is 0.400. The Labute approximate surface area is 212 Å². The minimum absolute atomic E-state index is 0.119. The molecule has 0 aliphatic carbocycles. The van der Waals surface area contributed by atoms with E-state index in [1.165, 1.54) is 41.3 Å². The second-order valence-corrected chi connectivity index (χ2v) is 9.24. The number of para-hydroxylation sites is 1. The van der Waals surface area contributed by atoms with Gasteiger partial charge in [-0.2, -0.15) is 0 Å². The molecule has 2 atom stereocenters. The molecular formula is C25H28ClF3N4O3. The number of hydrogen-bond acceptors (Lipinski definition) is 5. The highest BCUT2D eigenvalue weighted by Crippen LogP contribution is 2.38. The number of hydrogen-bond donors (Lipinski definition) is 3. The summed E-state index contributed by atoms with van der Waals surface area (Å²) in [4.78, 5) is 27.9. The van der Waals surface area contributed by atoms with E-state index in [9.17, 15) is 22.8 Å². The van der Waals surface area contributed by atoms with Gasteiger partial charge in [0.05, 0.1) is 10.4 Å². The number of likely N-dealkylation sites (tertiary alicyclic amines) is 1. The lowest BCUT2D eigenvalue weighted by Gasteiger charge is -2.39. The van der Waals surface area contributed by atoms with Crippen molar-refractivity contribution in [2.75, 3.05) is 25.5 Å². The molecule has 1 fully saturated rings. The third kappa shape index (κ3) is 6.36. The van der Waals surface area contributed by atoms with Crippen LogP contribution in [0.25, 0.3) is 11.1 Å². The number of amides is 2. The van der Waals surface area contributed by atoms with E-state index in [1.54, 1.807) is 20.0 Å². The van der Waals surface area contributed by atoms with E-state index >= 15 is 0 Å². The maximum absolute atomic E-state index is 13.2. The lowest BCUT2D eigenvalue weighted by Crippen LogP contribution is -2.56. The molecule has 3 N–H and O–H groups in total. The average molecular weight is 525 g/mol. The van der Waals surface area contributed by atoms with Gasteiger partial charge in [0.15, 0.2) is 0 Å². The Bertz CT molecular complexity index is 1130. The number of carbonyl (C=O) groups excluding carboxylic acids is 2. The number of ether oxygens (including phenoxy) is 1. The quantitative estimate of drug-likeness (QED) is 0.419. The first kappa shape index (κ1) is 27.5. The Balaban J connectivity index is 1.81. The predicted molar refractivity (Wildman–Crippen MR) is 132 cm³/mol. The number of piperidine rings is 1. The third-order valence-corrected chi connectivity index (χ3v) is 6.37. The minimum atomic E-state index is -4.86. The molecule has 2 aromatic carbocycles. The first-order chi connectivity index (χ1) is 17.0. The molecular weight excluding hydrogens is 497 g/mol. The molecule has 1 saturated heterocycles. The van der Waals surface area contributed by atoms with Crippen molar-refractivity contribution in [3.05, 3.63) is 47.5 Å². The SMILES string of the molecule is CNCC(C)(C=N)C(=O)N1CCCCC1C(=O)Nc1ccc(-c2ccccc2OC(F)(F)F)c(Cl)c1. The third-order valence-electron chi connectivity index (χ3n) is 6.06. The lowest BCUT2D eigenvalue weighted by molar-refractivity contribution is -0.274. The van der Waals surface area contributed by atoms with Crippen molar-refractivity contribution >= 4 is 35.3 Å².